The van der Waals surface area contributed by atoms with Crippen LogP contribution >= 0.6 is 0 Å². The second-order valence-corrected chi connectivity index (χ2v) is 4.49. The Balaban J connectivity index is 1.84. The lowest BCUT2D eigenvalue weighted by atomic mass is 10.0. The predicted octanol–water partition coefficient (Wildman–Crippen LogP) is 2.44. The summed E-state index contributed by atoms with van der Waals surface area (Å²) in [6.07, 6.45) is 8.66. The molecule has 4 heteroatoms. The molecule has 94 valence electrons. The average Bonchev–Trinajstić information content (AvgIpc) is 2.85. The molecule has 0 N–H and O–H groups in total. The van der Waals surface area contributed by atoms with Gasteiger partial charge in [-0.3, -0.25) is 4.79 Å². The van der Waals surface area contributed by atoms with Gasteiger partial charge in [-0.2, -0.15) is 0 Å². The van der Waals surface area contributed by atoms with Gasteiger partial charge in [-0.1, -0.05) is 0 Å². The summed E-state index contributed by atoms with van der Waals surface area (Å²) in [5.74, 6) is 0.717. The third-order valence-corrected chi connectivity index (χ3v) is 3.27. The van der Waals surface area contributed by atoms with Crippen LogP contribution in [-0.2, 0) is 11.3 Å². The maximum absolute atomic E-state index is 12.0. The summed E-state index contributed by atoms with van der Waals surface area (Å²) in [4.78, 5) is 16.1. The number of aromatic nitrogens is 2. The Labute approximate surface area is 102 Å². The minimum atomic E-state index is 0.131. The van der Waals surface area contributed by atoms with Crippen molar-refractivity contribution >= 4 is 5.78 Å². The molecule has 1 saturated heterocycles. The molecule has 4 nitrogen and oxygen atoms in total. The van der Waals surface area contributed by atoms with Crippen LogP contribution in [0.15, 0.2) is 12.4 Å². The van der Waals surface area contributed by atoms with Gasteiger partial charge in [0.1, 0.15) is 0 Å². The third kappa shape index (κ3) is 3.16. The highest BCUT2D eigenvalue weighted by molar-refractivity contribution is 5.92. The molecule has 1 aliphatic heterocycles. The van der Waals surface area contributed by atoms with Crippen molar-refractivity contribution < 1.29 is 9.53 Å². The Kier molecular flexibility index (Phi) is 4.31. The molecule has 2 heterocycles. The molecule has 0 spiro atoms. The number of hydrogen-bond donors (Lipinski definition) is 0. The van der Waals surface area contributed by atoms with Gasteiger partial charge >= 0.3 is 0 Å². The molecule has 0 aliphatic carbocycles. The van der Waals surface area contributed by atoms with Crippen molar-refractivity contribution in [2.75, 3.05) is 6.61 Å². The van der Waals surface area contributed by atoms with Crippen molar-refractivity contribution in [3.8, 4) is 0 Å². The Morgan fingerprint density at radius 3 is 3.18 bits per heavy atom. The minimum Gasteiger partial charge on any atom is -0.378 e. The number of rotatable bonds is 5. The number of carbonyl (C=O) groups excluding carboxylic acids is 1. The van der Waals surface area contributed by atoms with Gasteiger partial charge in [0.25, 0.3) is 0 Å². The number of hydrogen-bond acceptors (Lipinski definition) is 3. The average molecular weight is 236 g/mol. The van der Waals surface area contributed by atoms with Gasteiger partial charge in [0.05, 0.1) is 6.10 Å². The summed E-state index contributed by atoms with van der Waals surface area (Å²) in [5.41, 5.74) is 0. The van der Waals surface area contributed by atoms with E-state index in [9.17, 15) is 4.79 Å². The molecule has 0 radical (unpaired) electrons. The summed E-state index contributed by atoms with van der Waals surface area (Å²) >= 11 is 0. The van der Waals surface area contributed by atoms with E-state index in [4.69, 9.17) is 4.74 Å². The number of carbonyl (C=O) groups is 1. The highest BCUT2D eigenvalue weighted by Gasteiger charge is 2.17. The normalized spacial score (nSPS) is 20.4. The van der Waals surface area contributed by atoms with Gasteiger partial charge in [0, 0.05) is 32.0 Å². The standard InChI is InChI=1S/C13H20N2O2/c1-2-15-9-8-14-13(15)12(16)7-6-11-5-3-4-10-17-11/h8-9,11H,2-7,10H2,1H3. The van der Waals surface area contributed by atoms with Crippen molar-refractivity contribution in [3.63, 3.8) is 0 Å². The Bertz CT molecular complexity index is 367. The van der Waals surface area contributed by atoms with E-state index in [1.54, 1.807) is 6.20 Å². The summed E-state index contributed by atoms with van der Waals surface area (Å²) < 4.78 is 7.52. The zero-order chi connectivity index (χ0) is 12.1. The van der Waals surface area contributed by atoms with E-state index in [1.165, 1.54) is 6.42 Å². The van der Waals surface area contributed by atoms with Crippen LogP contribution in [0.2, 0.25) is 0 Å². The van der Waals surface area contributed by atoms with Crippen LogP contribution in [-0.4, -0.2) is 28.0 Å². The van der Waals surface area contributed by atoms with Crippen molar-refractivity contribution in [2.24, 2.45) is 0 Å². The molecule has 17 heavy (non-hydrogen) atoms. The van der Waals surface area contributed by atoms with Crippen molar-refractivity contribution in [1.82, 2.24) is 9.55 Å². The molecule has 1 atom stereocenters. The van der Waals surface area contributed by atoms with Crippen LogP contribution in [0, 0.1) is 0 Å². The Morgan fingerprint density at radius 1 is 1.59 bits per heavy atom. The second-order valence-electron chi connectivity index (χ2n) is 4.49. The number of nitrogens with zero attached hydrogens (tertiary/aromatic N) is 2. The fourth-order valence-electron chi connectivity index (χ4n) is 2.26. The molecule has 0 amide bonds. The first-order valence-corrected chi connectivity index (χ1v) is 6.47. The maximum Gasteiger partial charge on any atom is 0.198 e. The van der Waals surface area contributed by atoms with E-state index < -0.39 is 0 Å². The lowest BCUT2D eigenvalue weighted by Crippen LogP contribution is -2.20. The van der Waals surface area contributed by atoms with Crippen molar-refractivity contribution in [3.05, 3.63) is 18.2 Å². The van der Waals surface area contributed by atoms with Crippen LogP contribution in [0.1, 0.15) is 49.6 Å². The van der Waals surface area contributed by atoms with Crippen molar-refractivity contribution in [1.29, 1.82) is 0 Å². The summed E-state index contributed by atoms with van der Waals surface area (Å²) in [7, 11) is 0. The maximum atomic E-state index is 12.0. The molecule has 0 bridgehead atoms. The number of imidazole rings is 1. The molecular formula is C13H20N2O2. The highest BCUT2D eigenvalue weighted by atomic mass is 16.5. The second kappa shape index (κ2) is 5.96. The zero-order valence-electron chi connectivity index (χ0n) is 10.4. The van der Waals surface area contributed by atoms with Gasteiger partial charge in [0.2, 0.25) is 0 Å². The molecule has 1 unspecified atom stereocenters. The molecule has 1 aromatic rings. The van der Waals surface area contributed by atoms with Gasteiger partial charge in [-0.15, -0.1) is 0 Å². The van der Waals surface area contributed by atoms with Crippen LogP contribution in [0.5, 0.6) is 0 Å². The number of Topliss-reactive ketones (excluding diaryl/α,β-unsaturated/α-hetero) is 1. The van der Waals surface area contributed by atoms with E-state index in [2.05, 4.69) is 4.98 Å². The topological polar surface area (TPSA) is 44.1 Å². The first-order valence-electron chi connectivity index (χ1n) is 6.47. The first-order chi connectivity index (χ1) is 8.31. The molecule has 1 aromatic heterocycles. The number of aryl methyl sites for hydroxylation is 1. The number of ketones is 1. The summed E-state index contributed by atoms with van der Waals surface area (Å²) in [6, 6.07) is 0. The first kappa shape index (κ1) is 12.3. The fourth-order valence-corrected chi connectivity index (χ4v) is 2.26. The van der Waals surface area contributed by atoms with Gasteiger partial charge in [-0.05, 0) is 32.6 Å². The monoisotopic (exact) mass is 236 g/mol. The van der Waals surface area contributed by atoms with E-state index in [1.807, 2.05) is 17.7 Å². The van der Waals surface area contributed by atoms with Gasteiger partial charge in [0.15, 0.2) is 11.6 Å². The van der Waals surface area contributed by atoms with Crippen LogP contribution < -0.4 is 0 Å². The molecule has 0 aromatic carbocycles. The lowest BCUT2D eigenvalue weighted by molar-refractivity contribution is 0.0104. The molecule has 1 aliphatic rings. The smallest absolute Gasteiger partial charge is 0.198 e. The summed E-state index contributed by atoms with van der Waals surface area (Å²) in [6.45, 7) is 3.66. The summed E-state index contributed by atoms with van der Waals surface area (Å²) in [5, 5.41) is 0. The fraction of sp³-hybridized carbons (Fsp3) is 0.692. The van der Waals surface area contributed by atoms with Gasteiger partial charge in [-0.25, -0.2) is 4.98 Å². The highest BCUT2D eigenvalue weighted by Crippen LogP contribution is 2.18. The van der Waals surface area contributed by atoms with Crippen LogP contribution in [0.25, 0.3) is 0 Å². The van der Waals surface area contributed by atoms with E-state index >= 15 is 0 Å². The third-order valence-electron chi connectivity index (χ3n) is 3.27. The van der Waals surface area contributed by atoms with E-state index in [-0.39, 0.29) is 11.9 Å². The quantitative estimate of drug-likeness (QED) is 0.737. The van der Waals surface area contributed by atoms with Gasteiger partial charge < -0.3 is 9.30 Å². The van der Waals surface area contributed by atoms with E-state index in [0.29, 0.717) is 12.2 Å². The van der Waals surface area contributed by atoms with Crippen LogP contribution in [0.4, 0.5) is 0 Å². The minimum absolute atomic E-state index is 0.131. The molecular weight excluding hydrogens is 216 g/mol. The SMILES string of the molecule is CCn1ccnc1C(=O)CCC1CCCCO1. The Hall–Kier alpha value is -1.16. The van der Waals surface area contributed by atoms with Crippen LogP contribution in [0.3, 0.4) is 0 Å². The predicted molar refractivity (Wildman–Crippen MR) is 65.1 cm³/mol. The molecule has 2 rings (SSSR count). The van der Waals surface area contributed by atoms with Crippen molar-refractivity contribution in [2.45, 2.75) is 51.7 Å². The molecule has 1 fully saturated rings. The molecule has 0 saturated carbocycles. The largest absolute Gasteiger partial charge is 0.378 e. The van der Waals surface area contributed by atoms with E-state index in [0.717, 1.165) is 32.4 Å². The zero-order valence-corrected chi connectivity index (χ0v) is 10.4. The lowest BCUT2D eigenvalue weighted by Gasteiger charge is -2.22. The Morgan fingerprint density at radius 2 is 2.47 bits per heavy atom. The number of ether oxygens (including phenoxy) is 1.